The van der Waals surface area contributed by atoms with Gasteiger partial charge < -0.3 is 0 Å². The summed E-state index contributed by atoms with van der Waals surface area (Å²) in [5.41, 5.74) is 4.86. The summed E-state index contributed by atoms with van der Waals surface area (Å²) in [6, 6.07) is 12.9. The van der Waals surface area contributed by atoms with Crippen LogP contribution in [0.5, 0.6) is 0 Å². The monoisotopic (exact) mass is 295 g/mol. The number of thiazole rings is 1. The summed E-state index contributed by atoms with van der Waals surface area (Å²) in [6.45, 7) is 4.10. The van der Waals surface area contributed by atoms with Crippen molar-refractivity contribution in [3.8, 4) is 10.6 Å². The Hall–Kier alpha value is -1.94. The van der Waals surface area contributed by atoms with Crippen molar-refractivity contribution in [2.45, 2.75) is 32.1 Å². The average Bonchev–Trinajstić information content (AvgIpc) is 3.03. The van der Waals surface area contributed by atoms with Crippen LogP contribution < -0.4 is 0 Å². The van der Waals surface area contributed by atoms with E-state index in [-0.39, 0.29) is 5.41 Å². The Bertz CT molecular complexity index is 781. The Morgan fingerprint density at radius 2 is 1.90 bits per heavy atom. The third kappa shape index (κ3) is 2.02. The molecule has 0 atom stereocenters. The van der Waals surface area contributed by atoms with Crippen molar-refractivity contribution in [1.29, 1.82) is 0 Å². The maximum absolute atomic E-state index is 4.54. The lowest BCUT2D eigenvalue weighted by Crippen LogP contribution is -2.08. The van der Waals surface area contributed by atoms with Crippen LogP contribution in [0.1, 0.15) is 34.8 Å². The second-order valence-corrected chi connectivity index (χ2v) is 6.97. The van der Waals surface area contributed by atoms with Crippen LogP contribution >= 0.6 is 11.3 Å². The number of aryl methyl sites for hydroxylation is 2. The molecule has 1 fully saturated rings. The van der Waals surface area contributed by atoms with Crippen LogP contribution in [0.2, 0.25) is 0 Å². The second-order valence-electron chi connectivity index (χ2n) is 5.76. The molecule has 4 heteroatoms. The van der Waals surface area contributed by atoms with Crippen LogP contribution in [0, 0.1) is 13.8 Å². The van der Waals surface area contributed by atoms with Gasteiger partial charge >= 0.3 is 0 Å². The van der Waals surface area contributed by atoms with Gasteiger partial charge in [0.05, 0.1) is 15.6 Å². The molecule has 4 rings (SSSR count). The molecule has 2 heterocycles. The smallest absolute Gasteiger partial charge is 0.104 e. The van der Waals surface area contributed by atoms with Crippen molar-refractivity contribution < 1.29 is 0 Å². The molecule has 3 aromatic rings. The van der Waals surface area contributed by atoms with Crippen molar-refractivity contribution in [2.24, 2.45) is 0 Å². The first-order valence-corrected chi connectivity index (χ1v) is 8.06. The van der Waals surface area contributed by atoms with Crippen molar-refractivity contribution in [3.05, 3.63) is 58.4 Å². The van der Waals surface area contributed by atoms with Gasteiger partial charge in [-0.05, 0) is 38.3 Å². The summed E-state index contributed by atoms with van der Waals surface area (Å²) in [6.07, 6.45) is 2.39. The highest BCUT2D eigenvalue weighted by Crippen LogP contribution is 2.53. The van der Waals surface area contributed by atoms with Crippen LogP contribution in [-0.2, 0) is 5.41 Å². The van der Waals surface area contributed by atoms with E-state index in [0.29, 0.717) is 0 Å². The largest absolute Gasteiger partial charge is 0.281 e. The first-order valence-electron chi connectivity index (χ1n) is 7.25. The van der Waals surface area contributed by atoms with Gasteiger partial charge in [0, 0.05) is 11.1 Å². The topological polar surface area (TPSA) is 41.6 Å². The molecule has 3 nitrogen and oxygen atoms in total. The lowest BCUT2D eigenvalue weighted by molar-refractivity contribution is 0.792. The SMILES string of the molecule is Cc1nc(C)c(-c2cc(C3(c4ccccc4)CC3)[nH]n2)s1. The van der Waals surface area contributed by atoms with Gasteiger partial charge in [-0.2, -0.15) is 5.10 Å². The predicted octanol–water partition coefficient (Wildman–Crippen LogP) is 4.23. The van der Waals surface area contributed by atoms with Gasteiger partial charge in [0.2, 0.25) is 0 Å². The van der Waals surface area contributed by atoms with Gasteiger partial charge in [-0.1, -0.05) is 30.3 Å². The molecular weight excluding hydrogens is 278 g/mol. The van der Waals surface area contributed by atoms with Crippen molar-refractivity contribution in [3.63, 3.8) is 0 Å². The fourth-order valence-electron chi connectivity index (χ4n) is 3.05. The first kappa shape index (κ1) is 12.8. The van der Waals surface area contributed by atoms with E-state index in [4.69, 9.17) is 0 Å². The molecule has 21 heavy (non-hydrogen) atoms. The van der Waals surface area contributed by atoms with Gasteiger partial charge in [-0.25, -0.2) is 4.98 Å². The van der Waals surface area contributed by atoms with Gasteiger partial charge in [-0.3, -0.25) is 5.10 Å². The maximum Gasteiger partial charge on any atom is 0.104 e. The Balaban J connectivity index is 1.74. The normalized spacial score (nSPS) is 16.1. The zero-order valence-electron chi connectivity index (χ0n) is 12.2. The highest BCUT2D eigenvalue weighted by Gasteiger charge is 2.47. The summed E-state index contributed by atoms with van der Waals surface area (Å²) >= 11 is 1.71. The fraction of sp³-hybridized carbons (Fsp3) is 0.294. The van der Waals surface area contributed by atoms with E-state index in [2.05, 4.69) is 58.5 Å². The highest BCUT2D eigenvalue weighted by molar-refractivity contribution is 7.15. The molecule has 0 bridgehead atoms. The zero-order chi connectivity index (χ0) is 14.4. The summed E-state index contributed by atoms with van der Waals surface area (Å²) in [5, 5.41) is 8.90. The van der Waals surface area contributed by atoms with Crippen molar-refractivity contribution in [2.75, 3.05) is 0 Å². The van der Waals surface area contributed by atoms with E-state index in [0.717, 1.165) is 16.4 Å². The number of aromatic nitrogens is 3. The van der Waals surface area contributed by atoms with E-state index in [1.54, 1.807) is 11.3 Å². The molecule has 0 radical (unpaired) electrons. The molecule has 1 aromatic carbocycles. The number of benzene rings is 1. The third-order valence-electron chi connectivity index (χ3n) is 4.31. The zero-order valence-corrected chi connectivity index (χ0v) is 13.0. The molecule has 0 aliphatic heterocycles. The second kappa shape index (κ2) is 4.53. The van der Waals surface area contributed by atoms with E-state index in [1.165, 1.54) is 29.0 Å². The van der Waals surface area contributed by atoms with Crippen LogP contribution in [0.4, 0.5) is 0 Å². The number of nitrogens with one attached hydrogen (secondary N) is 1. The molecular formula is C17H17N3S. The Kier molecular flexibility index (Phi) is 2.76. The van der Waals surface area contributed by atoms with Crippen molar-refractivity contribution >= 4 is 11.3 Å². The third-order valence-corrected chi connectivity index (χ3v) is 5.40. The maximum atomic E-state index is 4.54. The minimum absolute atomic E-state index is 0.153. The molecule has 0 amide bonds. The average molecular weight is 295 g/mol. The number of nitrogens with zero attached hydrogens (tertiary/aromatic N) is 2. The molecule has 0 unspecified atom stereocenters. The summed E-state index contributed by atoms with van der Waals surface area (Å²) in [5.74, 6) is 0. The number of H-pyrrole nitrogens is 1. The van der Waals surface area contributed by atoms with E-state index in [9.17, 15) is 0 Å². The Morgan fingerprint density at radius 3 is 2.52 bits per heavy atom. The Morgan fingerprint density at radius 1 is 1.14 bits per heavy atom. The molecule has 0 saturated heterocycles. The van der Waals surface area contributed by atoms with Gasteiger partial charge in [-0.15, -0.1) is 11.3 Å². The lowest BCUT2D eigenvalue weighted by atomic mass is 9.92. The van der Waals surface area contributed by atoms with Crippen LogP contribution in [-0.4, -0.2) is 15.2 Å². The molecule has 1 saturated carbocycles. The predicted molar refractivity (Wildman–Crippen MR) is 85.6 cm³/mol. The summed E-state index contributed by atoms with van der Waals surface area (Å²) < 4.78 is 0. The van der Waals surface area contributed by atoms with Crippen LogP contribution in [0.25, 0.3) is 10.6 Å². The van der Waals surface area contributed by atoms with Crippen LogP contribution in [0.15, 0.2) is 36.4 Å². The quantitative estimate of drug-likeness (QED) is 0.785. The number of hydrogen-bond donors (Lipinski definition) is 1. The fourth-order valence-corrected chi connectivity index (χ4v) is 3.93. The summed E-state index contributed by atoms with van der Waals surface area (Å²) in [4.78, 5) is 5.68. The molecule has 0 spiro atoms. The minimum Gasteiger partial charge on any atom is -0.281 e. The van der Waals surface area contributed by atoms with Crippen LogP contribution in [0.3, 0.4) is 0 Å². The molecule has 1 aliphatic rings. The van der Waals surface area contributed by atoms with E-state index in [1.807, 2.05) is 6.92 Å². The van der Waals surface area contributed by atoms with E-state index >= 15 is 0 Å². The van der Waals surface area contributed by atoms with Gasteiger partial charge in [0.25, 0.3) is 0 Å². The Labute approximate surface area is 128 Å². The minimum atomic E-state index is 0.153. The number of hydrogen-bond acceptors (Lipinski definition) is 3. The molecule has 106 valence electrons. The number of rotatable bonds is 3. The van der Waals surface area contributed by atoms with Gasteiger partial charge in [0.15, 0.2) is 0 Å². The molecule has 2 aromatic heterocycles. The number of aromatic amines is 1. The molecule has 1 aliphatic carbocycles. The van der Waals surface area contributed by atoms with E-state index < -0.39 is 0 Å². The van der Waals surface area contributed by atoms with Crippen molar-refractivity contribution in [1.82, 2.24) is 15.2 Å². The van der Waals surface area contributed by atoms with Gasteiger partial charge in [0.1, 0.15) is 5.69 Å². The lowest BCUT2D eigenvalue weighted by Gasteiger charge is -2.12. The molecule has 1 N–H and O–H groups in total. The first-order chi connectivity index (χ1) is 10.2. The highest BCUT2D eigenvalue weighted by atomic mass is 32.1. The summed E-state index contributed by atoms with van der Waals surface area (Å²) in [7, 11) is 0. The standard InChI is InChI=1S/C17H17N3S/c1-11-16(21-12(2)18-11)14-10-15(20-19-14)17(8-9-17)13-6-4-3-5-7-13/h3-7,10H,8-9H2,1-2H3,(H,19,20).